The van der Waals surface area contributed by atoms with Gasteiger partial charge in [0.05, 0.1) is 5.75 Å². The van der Waals surface area contributed by atoms with Crippen molar-refractivity contribution in [3.8, 4) is 5.75 Å². The Morgan fingerprint density at radius 3 is 2.89 bits per heavy atom. The van der Waals surface area contributed by atoms with Gasteiger partial charge in [-0.15, -0.1) is 10.2 Å². The lowest BCUT2D eigenvalue weighted by Crippen LogP contribution is -2.40. The lowest BCUT2D eigenvalue weighted by molar-refractivity contribution is -0.130. The lowest BCUT2D eigenvalue weighted by Gasteiger charge is -2.30. The van der Waals surface area contributed by atoms with Gasteiger partial charge in [-0.2, -0.15) is 0 Å². The highest BCUT2D eigenvalue weighted by molar-refractivity contribution is 7.99. The Morgan fingerprint density at radius 1 is 1.32 bits per heavy atom. The zero-order valence-electron chi connectivity index (χ0n) is 17.3. The van der Waals surface area contributed by atoms with Crippen LogP contribution in [-0.2, 0) is 17.9 Å². The van der Waals surface area contributed by atoms with E-state index in [2.05, 4.69) is 44.0 Å². The minimum Gasteiger partial charge on any atom is -0.485 e. The third-order valence-electron chi connectivity index (χ3n) is 5.36. The van der Waals surface area contributed by atoms with Gasteiger partial charge in [0.1, 0.15) is 12.4 Å². The molecule has 1 aromatic carbocycles. The fourth-order valence-electron chi connectivity index (χ4n) is 3.51. The Labute approximate surface area is 171 Å². The van der Waals surface area contributed by atoms with E-state index in [1.165, 1.54) is 23.7 Å². The van der Waals surface area contributed by atoms with Crippen LogP contribution < -0.4 is 4.74 Å². The summed E-state index contributed by atoms with van der Waals surface area (Å²) < 4.78 is 8.01. The zero-order valence-corrected chi connectivity index (χ0v) is 18.1. The van der Waals surface area contributed by atoms with Crippen LogP contribution in [0.25, 0.3) is 0 Å². The first-order valence-electron chi connectivity index (χ1n) is 10.0. The summed E-state index contributed by atoms with van der Waals surface area (Å²) in [6.07, 6.45) is 2.31. The molecule has 1 fully saturated rings. The third-order valence-corrected chi connectivity index (χ3v) is 6.31. The summed E-state index contributed by atoms with van der Waals surface area (Å²) in [4.78, 5) is 14.5. The molecular formula is C21H30N4O2S. The summed E-state index contributed by atoms with van der Waals surface area (Å²) in [5.41, 5.74) is 2.34. The quantitative estimate of drug-likeness (QED) is 0.659. The number of hydrogen-bond acceptors (Lipinski definition) is 5. The Bertz CT molecular complexity index is 821. The van der Waals surface area contributed by atoms with E-state index in [1.807, 2.05) is 21.6 Å². The number of likely N-dealkylation sites (tertiary alicyclic amines) is 1. The smallest absolute Gasteiger partial charge is 0.233 e. The fourth-order valence-corrected chi connectivity index (χ4v) is 4.43. The van der Waals surface area contributed by atoms with Gasteiger partial charge >= 0.3 is 0 Å². The van der Waals surface area contributed by atoms with E-state index in [-0.39, 0.29) is 5.91 Å². The number of carbonyl (C=O) groups excluding carboxylic acids is 1. The Hall–Kier alpha value is -2.02. The average Bonchev–Trinajstić information content (AvgIpc) is 3.09. The molecule has 6 nitrogen and oxygen atoms in total. The van der Waals surface area contributed by atoms with Crippen LogP contribution >= 0.6 is 11.8 Å². The summed E-state index contributed by atoms with van der Waals surface area (Å²) in [6, 6.07) is 6.05. The van der Waals surface area contributed by atoms with E-state index in [0.717, 1.165) is 48.3 Å². The van der Waals surface area contributed by atoms with Crippen molar-refractivity contribution in [2.24, 2.45) is 5.92 Å². The molecule has 0 spiro atoms. The minimum atomic E-state index is 0.190. The fraction of sp³-hybridized carbons (Fsp3) is 0.571. The summed E-state index contributed by atoms with van der Waals surface area (Å²) >= 11 is 1.47. The van der Waals surface area contributed by atoms with Crippen LogP contribution in [0.1, 0.15) is 43.6 Å². The molecule has 28 heavy (non-hydrogen) atoms. The molecule has 3 rings (SSSR count). The number of thioether (sulfide) groups is 1. The maximum absolute atomic E-state index is 12.5. The van der Waals surface area contributed by atoms with E-state index in [9.17, 15) is 4.79 Å². The molecule has 0 bridgehead atoms. The summed E-state index contributed by atoms with van der Waals surface area (Å²) in [5.74, 6) is 2.84. The molecule has 152 valence electrons. The van der Waals surface area contributed by atoms with E-state index < -0.39 is 0 Å². The Balaban J connectivity index is 1.60. The monoisotopic (exact) mass is 402 g/mol. The normalized spacial score (nSPS) is 17.0. The van der Waals surface area contributed by atoms with Crippen LogP contribution in [0.5, 0.6) is 5.75 Å². The molecule has 7 heteroatoms. The van der Waals surface area contributed by atoms with Crippen LogP contribution in [0, 0.1) is 19.8 Å². The topological polar surface area (TPSA) is 60.2 Å². The SMILES string of the molecule is CCn1c(COc2cccc(C)c2C)nnc1SCC(=O)N1CCC[C@H](C)C1. The number of carbonyl (C=O) groups is 1. The minimum absolute atomic E-state index is 0.190. The highest BCUT2D eigenvalue weighted by Crippen LogP contribution is 2.23. The van der Waals surface area contributed by atoms with E-state index in [4.69, 9.17) is 4.74 Å². The van der Waals surface area contributed by atoms with Crippen molar-refractivity contribution in [3.05, 3.63) is 35.2 Å². The molecule has 1 atom stereocenters. The van der Waals surface area contributed by atoms with Crippen LogP contribution in [0.3, 0.4) is 0 Å². The Kier molecular flexibility index (Phi) is 6.99. The largest absolute Gasteiger partial charge is 0.485 e. The van der Waals surface area contributed by atoms with Gasteiger partial charge in [0.25, 0.3) is 0 Å². The zero-order chi connectivity index (χ0) is 20.1. The second kappa shape index (κ2) is 9.45. The van der Waals surface area contributed by atoms with E-state index >= 15 is 0 Å². The van der Waals surface area contributed by atoms with Gasteiger partial charge < -0.3 is 14.2 Å². The van der Waals surface area contributed by atoms with Gasteiger partial charge in [0.2, 0.25) is 5.91 Å². The standard InChI is InChI=1S/C21H30N4O2S/c1-5-25-19(13-27-18-10-6-9-16(3)17(18)4)22-23-21(25)28-14-20(26)24-11-7-8-15(2)12-24/h6,9-10,15H,5,7-8,11-14H2,1-4H3/t15-/m0/s1. The molecule has 0 radical (unpaired) electrons. The van der Waals surface area contributed by atoms with Gasteiger partial charge in [0, 0.05) is 19.6 Å². The number of piperidine rings is 1. The molecule has 2 heterocycles. The average molecular weight is 403 g/mol. The van der Waals surface area contributed by atoms with Crippen LogP contribution in [0.4, 0.5) is 0 Å². The molecule has 1 aliphatic heterocycles. The molecule has 0 N–H and O–H groups in total. The first-order valence-corrected chi connectivity index (χ1v) is 11.0. The van der Waals surface area contributed by atoms with Crippen molar-refractivity contribution >= 4 is 17.7 Å². The van der Waals surface area contributed by atoms with Crippen molar-refractivity contribution in [1.82, 2.24) is 19.7 Å². The highest BCUT2D eigenvalue weighted by Gasteiger charge is 2.22. The highest BCUT2D eigenvalue weighted by atomic mass is 32.2. The van der Waals surface area contributed by atoms with Crippen molar-refractivity contribution < 1.29 is 9.53 Å². The number of amides is 1. The van der Waals surface area contributed by atoms with Crippen molar-refractivity contribution in [2.45, 2.75) is 58.8 Å². The van der Waals surface area contributed by atoms with Crippen molar-refractivity contribution in [3.63, 3.8) is 0 Å². The molecule has 0 saturated carbocycles. The van der Waals surface area contributed by atoms with Gasteiger partial charge in [-0.05, 0) is 56.7 Å². The van der Waals surface area contributed by atoms with Gasteiger partial charge in [-0.25, -0.2) is 0 Å². The van der Waals surface area contributed by atoms with Crippen LogP contribution in [0.2, 0.25) is 0 Å². The molecule has 0 aliphatic carbocycles. The maximum Gasteiger partial charge on any atom is 0.233 e. The second-order valence-electron chi connectivity index (χ2n) is 7.51. The summed E-state index contributed by atoms with van der Waals surface area (Å²) in [5, 5.41) is 9.37. The predicted octanol–water partition coefficient (Wildman–Crippen LogP) is 3.84. The third kappa shape index (κ3) is 4.87. The van der Waals surface area contributed by atoms with Crippen LogP contribution in [-0.4, -0.2) is 44.4 Å². The number of benzene rings is 1. The number of rotatable bonds is 7. The number of ether oxygens (including phenoxy) is 1. The molecule has 2 aromatic rings. The molecular weight excluding hydrogens is 372 g/mol. The molecule has 1 aliphatic rings. The van der Waals surface area contributed by atoms with Gasteiger partial charge in [0.15, 0.2) is 11.0 Å². The van der Waals surface area contributed by atoms with E-state index in [1.54, 1.807) is 0 Å². The van der Waals surface area contributed by atoms with Crippen molar-refractivity contribution in [2.75, 3.05) is 18.8 Å². The first kappa shape index (κ1) is 20.7. The summed E-state index contributed by atoms with van der Waals surface area (Å²) in [6.45, 7) is 11.3. The molecule has 1 amide bonds. The lowest BCUT2D eigenvalue weighted by atomic mass is 10.0. The van der Waals surface area contributed by atoms with Crippen LogP contribution in [0.15, 0.2) is 23.4 Å². The number of aromatic nitrogens is 3. The number of nitrogens with zero attached hydrogens (tertiary/aromatic N) is 4. The van der Waals surface area contributed by atoms with Gasteiger partial charge in [-0.1, -0.05) is 30.8 Å². The van der Waals surface area contributed by atoms with E-state index in [0.29, 0.717) is 18.3 Å². The maximum atomic E-state index is 12.5. The first-order chi connectivity index (χ1) is 13.5. The van der Waals surface area contributed by atoms with Crippen molar-refractivity contribution in [1.29, 1.82) is 0 Å². The number of hydrogen-bond donors (Lipinski definition) is 0. The van der Waals surface area contributed by atoms with Gasteiger partial charge in [-0.3, -0.25) is 4.79 Å². The molecule has 1 aromatic heterocycles. The number of aryl methyl sites for hydroxylation is 1. The predicted molar refractivity (Wildman–Crippen MR) is 112 cm³/mol. The summed E-state index contributed by atoms with van der Waals surface area (Å²) in [7, 11) is 0. The Morgan fingerprint density at radius 2 is 2.14 bits per heavy atom. The second-order valence-corrected chi connectivity index (χ2v) is 8.45. The molecule has 1 saturated heterocycles. The molecule has 0 unspecified atom stereocenters.